The molecule has 0 fully saturated rings. The van der Waals surface area contributed by atoms with E-state index in [1.807, 2.05) is 33.8 Å². The number of carbonyl (C=O) groups is 1. The van der Waals surface area contributed by atoms with Gasteiger partial charge in [0.1, 0.15) is 12.1 Å². The van der Waals surface area contributed by atoms with Crippen LogP contribution in [0.1, 0.15) is 56.9 Å². The van der Waals surface area contributed by atoms with Crippen LogP contribution in [0.5, 0.6) is 11.5 Å². The van der Waals surface area contributed by atoms with Gasteiger partial charge >= 0.3 is 5.97 Å². The molecule has 0 aromatic heterocycles. The third-order valence-corrected chi connectivity index (χ3v) is 8.25. The number of halogens is 1. The smallest absolute Gasteiger partial charge is 0.321 e. The lowest BCUT2D eigenvalue weighted by Gasteiger charge is -2.31. The van der Waals surface area contributed by atoms with Crippen LogP contribution in [-0.2, 0) is 32.4 Å². The number of nitrogens with zero attached hydrogens (tertiary/aromatic N) is 2. The second-order valence-corrected chi connectivity index (χ2v) is 12.5. The van der Waals surface area contributed by atoms with Crippen molar-refractivity contribution in [2.45, 2.75) is 63.5 Å². The van der Waals surface area contributed by atoms with Gasteiger partial charge in [-0.2, -0.15) is 4.31 Å². The maximum Gasteiger partial charge on any atom is 0.321 e. The highest BCUT2D eigenvalue weighted by Gasteiger charge is 2.41. The zero-order valence-electron chi connectivity index (χ0n) is 22.4. The molecule has 2 aromatic carbocycles. The van der Waals surface area contributed by atoms with Gasteiger partial charge in [0.25, 0.3) is 0 Å². The van der Waals surface area contributed by atoms with Gasteiger partial charge in [-0.05, 0) is 58.7 Å². The molecule has 2 heterocycles. The molecule has 4 rings (SSSR count). The van der Waals surface area contributed by atoms with Gasteiger partial charge in [-0.25, -0.2) is 8.42 Å². The summed E-state index contributed by atoms with van der Waals surface area (Å²) < 4.78 is 45.3. The summed E-state index contributed by atoms with van der Waals surface area (Å²) >= 11 is 0. The zero-order valence-corrected chi connectivity index (χ0v) is 24.0. The van der Waals surface area contributed by atoms with Crippen LogP contribution in [0.2, 0.25) is 0 Å². The fourth-order valence-corrected chi connectivity index (χ4v) is 6.25. The van der Waals surface area contributed by atoms with E-state index in [9.17, 15) is 13.2 Å². The first-order valence-corrected chi connectivity index (χ1v) is 13.5. The number of hydrogen-bond donors (Lipinski definition) is 0. The van der Waals surface area contributed by atoms with Gasteiger partial charge in [0.15, 0.2) is 11.5 Å². The molecule has 0 saturated carbocycles. The van der Waals surface area contributed by atoms with Gasteiger partial charge in [0.2, 0.25) is 10.0 Å². The molecule has 0 bridgehead atoms. The molecule has 37 heavy (non-hydrogen) atoms. The van der Waals surface area contributed by atoms with Crippen molar-refractivity contribution in [1.29, 1.82) is 0 Å². The summed E-state index contributed by atoms with van der Waals surface area (Å²) in [6.45, 7) is 9.57. The lowest BCUT2D eigenvalue weighted by Crippen LogP contribution is -2.35. The van der Waals surface area contributed by atoms with Crippen molar-refractivity contribution >= 4 is 34.1 Å². The van der Waals surface area contributed by atoms with Crippen LogP contribution in [0.15, 0.2) is 40.2 Å². The Bertz CT molecular complexity index is 1350. The summed E-state index contributed by atoms with van der Waals surface area (Å²) in [7, 11) is -1.02. The van der Waals surface area contributed by atoms with Crippen molar-refractivity contribution in [1.82, 2.24) is 4.31 Å². The summed E-state index contributed by atoms with van der Waals surface area (Å²) in [5.74, 6) is 0.738. The fourth-order valence-electron chi connectivity index (χ4n) is 4.94. The molecule has 0 spiro atoms. The maximum atomic E-state index is 13.7. The highest BCUT2D eigenvalue weighted by atomic mass is 35.5. The van der Waals surface area contributed by atoms with Gasteiger partial charge in [0, 0.05) is 30.2 Å². The second-order valence-electron chi connectivity index (χ2n) is 10.5. The third kappa shape index (κ3) is 5.49. The Morgan fingerprint density at radius 1 is 1.16 bits per heavy atom. The van der Waals surface area contributed by atoms with E-state index in [1.165, 1.54) is 7.05 Å². The Hall–Kier alpha value is -2.62. The number of ether oxygens (including phenoxy) is 3. The number of hydrogen-bond acceptors (Lipinski definition) is 7. The molecule has 2 aliphatic heterocycles. The number of methoxy groups -OCH3 is 1. The van der Waals surface area contributed by atoms with Gasteiger partial charge < -0.3 is 14.2 Å². The Kier molecular flexibility index (Phi) is 8.03. The SMILES string of the molecule is CCOC(=O)CN(C)S(=O)(=O)c1ccccc1C1=NC(C)(C)Cc2cc(OC)c3c(c21)CC(C)(C)O3.Cl. The highest BCUT2D eigenvalue weighted by Crippen LogP contribution is 2.48. The molecule has 10 heteroatoms. The molecule has 202 valence electrons. The molecule has 0 radical (unpaired) electrons. The van der Waals surface area contributed by atoms with Crippen molar-refractivity contribution in [3.63, 3.8) is 0 Å². The summed E-state index contributed by atoms with van der Waals surface area (Å²) in [4.78, 5) is 17.2. The molecule has 0 saturated heterocycles. The molecule has 0 atom stereocenters. The normalized spacial score (nSPS) is 17.1. The molecule has 2 aromatic rings. The summed E-state index contributed by atoms with van der Waals surface area (Å²) in [6, 6.07) is 8.78. The van der Waals surface area contributed by atoms with Crippen LogP contribution in [0.4, 0.5) is 0 Å². The van der Waals surface area contributed by atoms with Crippen molar-refractivity contribution in [2.75, 3.05) is 27.3 Å². The fraction of sp³-hybridized carbons (Fsp3) is 0.481. The minimum atomic E-state index is -4.03. The Morgan fingerprint density at radius 3 is 2.49 bits per heavy atom. The van der Waals surface area contributed by atoms with Crippen molar-refractivity contribution < 1.29 is 27.4 Å². The number of likely N-dealkylation sites (N-methyl/N-ethyl adjacent to an activating group) is 1. The summed E-state index contributed by atoms with van der Waals surface area (Å²) in [5.41, 5.74) is 3.08. The largest absolute Gasteiger partial charge is 0.493 e. The molecular formula is C27H35ClN2O6S. The average molecular weight is 551 g/mol. The molecule has 2 aliphatic rings. The molecule has 0 N–H and O–H groups in total. The van der Waals surface area contributed by atoms with E-state index in [4.69, 9.17) is 19.2 Å². The van der Waals surface area contributed by atoms with Crippen molar-refractivity contribution in [3.05, 3.63) is 52.6 Å². The van der Waals surface area contributed by atoms with Crippen LogP contribution in [-0.4, -0.2) is 62.9 Å². The molecule has 0 aliphatic carbocycles. The summed E-state index contributed by atoms with van der Waals surface area (Å²) in [5, 5.41) is 0. The first kappa shape index (κ1) is 28.9. The molecule has 0 unspecified atom stereocenters. The standard InChI is InChI=1S/C27H34N2O6S.ClH/c1-8-34-22(30)16-29(6)36(31,32)21-12-10-9-11-18(21)24-23-17(14-26(2,3)28-24)13-20(33-7)25-19(23)15-27(4,5)35-25;/h9-13H,8,14-16H2,1-7H3;1H. The Balaban J connectivity index is 0.00000380. The van der Waals surface area contributed by atoms with Gasteiger partial charge in [-0.3, -0.25) is 9.79 Å². The first-order chi connectivity index (χ1) is 16.8. The Morgan fingerprint density at radius 2 is 1.84 bits per heavy atom. The molecular weight excluding hydrogens is 516 g/mol. The second kappa shape index (κ2) is 10.3. The summed E-state index contributed by atoms with van der Waals surface area (Å²) in [6.07, 6.45) is 1.31. The van der Waals surface area contributed by atoms with E-state index in [0.717, 1.165) is 21.0 Å². The monoisotopic (exact) mass is 550 g/mol. The predicted molar refractivity (Wildman–Crippen MR) is 145 cm³/mol. The zero-order chi connectivity index (χ0) is 26.5. The number of aliphatic imine (C=N–C) groups is 1. The maximum absolute atomic E-state index is 13.7. The molecule has 0 amide bonds. The highest BCUT2D eigenvalue weighted by molar-refractivity contribution is 7.89. The van der Waals surface area contributed by atoms with E-state index >= 15 is 0 Å². The van der Waals surface area contributed by atoms with E-state index in [2.05, 4.69) is 0 Å². The predicted octanol–water partition coefficient (Wildman–Crippen LogP) is 4.19. The average Bonchev–Trinajstić information content (AvgIpc) is 3.12. The van der Waals surface area contributed by atoms with E-state index in [1.54, 1.807) is 38.3 Å². The van der Waals surface area contributed by atoms with Crippen molar-refractivity contribution in [2.24, 2.45) is 4.99 Å². The van der Waals surface area contributed by atoms with Crippen LogP contribution in [0.25, 0.3) is 0 Å². The first-order valence-electron chi connectivity index (χ1n) is 12.0. The van der Waals surface area contributed by atoms with Crippen LogP contribution in [0, 0.1) is 0 Å². The van der Waals surface area contributed by atoms with Crippen LogP contribution < -0.4 is 9.47 Å². The number of rotatable bonds is 7. The number of carbonyl (C=O) groups excluding carboxylic acids is 1. The lowest BCUT2D eigenvalue weighted by molar-refractivity contribution is -0.143. The van der Waals surface area contributed by atoms with E-state index in [0.29, 0.717) is 35.6 Å². The topological polar surface area (TPSA) is 94.5 Å². The number of sulfonamides is 1. The quantitative estimate of drug-likeness (QED) is 0.480. The number of esters is 1. The minimum Gasteiger partial charge on any atom is -0.493 e. The molecule has 8 nitrogen and oxygen atoms in total. The van der Waals surface area contributed by atoms with E-state index in [-0.39, 0.29) is 30.5 Å². The van der Waals surface area contributed by atoms with Gasteiger partial charge in [-0.15, -0.1) is 12.4 Å². The third-order valence-electron chi connectivity index (χ3n) is 6.39. The Labute approximate surface area is 225 Å². The van der Waals surface area contributed by atoms with Gasteiger partial charge in [0.05, 0.1) is 29.9 Å². The number of benzene rings is 2. The van der Waals surface area contributed by atoms with E-state index < -0.39 is 27.1 Å². The van der Waals surface area contributed by atoms with Crippen molar-refractivity contribution in [3.8, 4) is 11.5 Å². The van der Waals surface area contributed by atoms with Crippen LogP contribution in [0.3, 0.4) is 0 Å². The minimum absolute atomic E-state index is 0. The number of fused-ring (bicyclic) bond motifs is 3. The van der Waals surface area contributed by atoms with Gasteiger partial charge in [-0.1, -0.05) is 18.2 Å². The lowest BCUT2D eigenvalue weighted by atomic mass is 9.81. The van der Waals surface area contributed by atoms with Crippen LogP contribution >= 0.6 is 12.4 Å².